The van der Waals surface area contributed by atoms with E-state index in [2.05, 4.69) is 18.3 Å². The molecule has 0 radical (unpaired) electrons. The average molecular weight is 268 g/mol. The van der Waals surface area contributed by atoms with Gasteiger partial charge in [0.15, 0.2) is 0 Å². The topological polar surface area (TPSA) is 21.3 Å². The summed E-state index contributed by atoms with van der Waals surface area (Å²) in [5.41, 5.74) is 1.28. The monoisotopic (exact) mass is 267 g/mol. The zero-order valence-corrected chi connectivity index (χ0v) is 12.0. The van der Waals surface area contributed by atoms with Crippen molar-refractivity contribution in [2.75, 3.05) is 13.7 Å². The maximum absolute atomic E-state index is 6.21. The number of ether oxygens (including phenoxy) is 1. The normalized spacial score (nSPS) is 16.6. The molecule has 0 amide bonds. The van der Waals surface area contributed by atoms with E-state index in [1.165, 1.54) is 24.8 Å². The number of hydrogen-bond acceptors (Lipinski definition) is 2. The van der Waals surface area contributed by atoms with Gasteiger partial charge in [0.1, 0.15) is 5.75 Å². The highest BCUT2D eigenvalue weighted by atomic mass is 35.5. The molecule has 100 valence electrons. The minimum Gasteiger partial charge on any atom is -0.495 e. The second kappa shape index (κ2) is 6.44. The van der Waals surface area contributed by atoms with E-state index in [-0.39, 0.29) is 0 Å². The Morgan fingerprint density at radius 3 is 2.78 bits per heavy atom. The maximum atomic E-state index is 6.21. The van der Waals surface area contributed by atoms with Gasteiger partial charge in [-0.15, -0.1) is 0 Å². The third-order valence-corrected chi connectivity index (χ3v) is 3.78. The van der Waals surface area contributed by atoms with Gasteiger partial charge in [-0.1, -0.05) is 37.4 Å². The fraction of sp³-hybridized carbons (Fsp3) is 0.600. The summed E-state index contributed by atoms with van der Waals surface area (Å²) in [7, 11) is 1.65. The number of hydrogen-bond donors (Lipinski definition) is 1. The molecule has 2 rings (SSSR count). The third kappa shape index (κ3) is 3.63. The Labute approximate surface area is 115 Å². The van der Waals surface area contributed by atoms with Gasteiger partial charge < -0.3 is 10.1 Å². The second-order valence-corrected chi connectivity index (χ2v) is 5.49. The standard InChI is InChI=1S/C15H22ClNO/c1-3-8-17-14(9-11-4-5-11)12-6-7-15(18-2)13(16)10-12/h6-7,10-11,14,17H,3-5,8-9H2,1-2H3. The molecule has 18 heavy (non-hydrogen) atoms. The lowest BCUT2D eigenvalue weighted by molar-refractivity contribution is 0.414. The first-order chi connectivity index (χ1) is 8.74. The average Bonchev–Trinajstić information content (AvgIpc) is 3.18. The predicted octanol–water partition coefficient (Wildman–Crippen LogP) is 4.19. The summed E-state index contributed by atoms with van der Waals surface area (Å²) < 4.78 is 5.20. The Kier molecular flexibility index (Phi) is 4.90. The maximum Gasteiger partial charge on any atom is 0.137 e. The molecule has 1 aromatic rings. The quantitative estimate of drug-likeness (QED) is 0.800. The van der Waals surface area contributed by atoms with Crippen LogP contribution in [0.1, 0.15) is 44.2 Å². The SMILES string of the molecule is CCCNC(CC1CC1)c1ccc(OC)c(Cl)c1. The van der Waals surface area contributed by atoms with Gasteiger partial charge in [-0.25, -0.2) is 0 Å². The van der Waals surface area contributed by atoms with Gasteiger partial charge in [0.2, 0.25) is 0 Å². The number of methoxy groups -OCH3 is 1. The first kappa shape index (κ1) is 13.7. The van der Waals surface area contributed by atoms with Crippen LogP contribution in [0.3, 0.4) is 0 Å². The van der Waals surface area contributed by atoms with Crippen molar-refractivity contribution >= 4 is 11.6 Å². The molecule has 1 aliphatic rings. The van der Waals surface area contributed by atoms with E-state index in [0.717, 1.165) is 24.6 Å². The molecule has 0 heterocycles. The zero-order chi connectivity index (χ0) is 13.0. The second-order valence-electron chi connectivity index (χ2n) is 5.08. The van der Waals surface area contributed by atoms with Crippen molar-refractivity contribution in [1.29, 1.82) is 0 Å². The molecule has 1 fully saturated rings. The summed E-state index contributed by atoms with van der Waals surface area (Å²) in [6.45, 7) is 3.25. The van der Waals surface area contributed by atoms with Crippen molar-refractivity contribution < 1.29 is 4.74 Å². The molecule has 0 saturated heterocycles. The fourth-order valence-corrected chi connectivity index (χ4v) is 2.51. The predicted molar refractivity (Wildman–Crippen MR) is 76.4 cm³/mol. The van der Waals surface area contributed by atoms with Gasteiger partial charge in [0.25, 0.3) is 0 Å². The van der Waals surface area contributed by atoms with E-state index in [9.17, 15) is 0 Å². The molecule has 1 atom stereocenters. The van der Waals surface area contributed by atoms with Crippen LogP contribution in [0.25, 0.3) is 0 Å². The van der Waals surface area contributed by atoms with E-state index in [1.807, 2.05) is 12.1 Å². The minimum absolute atomic E-state index is 0.431. The van der Waals surface area contributed by atoms with Crippen molar-refractivity contribution in [2.45, 2.75) is 38.6 Å². The van der Waals surface area contributed by atoms with Crippen LogP contribution in [0, 0.1) is 5.92 Å². The number of halogens is 1. The Morgan fingerprint density at radius 2 is 2.22 bits per heavy atom. The summed E-state index contributed by atoms with van der Waals surface area (Å²) >= 11 is 6.21. The van der Waals surface area contributed by atoms with Crippen LogP contribution >= 0.6 is 11.6 Å². The zero-order valence-electron chi connectivity index (χ0n) is 11.2. The van der Waals surface area contributed by atoms with Gasteiger partial charge in [-0.2, -0.15) is 0 Å². The van der Waals surface area contributed by atoms with E-state index in [4.69, 9.17) is 16.3 Å². The summed E-state index contributed by atoms with van der Waals surface area (Å²) in [6, 6.07) is 6.56. The molecular formula is C15H22ClNO. The Morgan fingerprint density at radius 1 is 1.44 bits per heavy atom. The van der Waals surface area contributed by atoms with E-state index in [1.54, 1.807) is 7.11 Å². The van der Waals surface area contributed by atoms with Crippen LogP contribution in [-0.2, 0) is 0 Å². The summed E-state index contributed by atoms with van der Waals surface area (Å²) in [6.07, 6.45) is 5.15. The highest BCUT2D eigenvalue weighted by Gasteiger charge is 2.26. The van der Waals surface area contributed by atoms with Gasteiger partial charge in [-0.05, 0) is 43.0 Å². The van der Waals surface area contributed by atoms with Crippen LogP contribution in [0.5, 0.6) is 5.75 Å². The Bertz CT molecular complexity index is 390. The van der Waals surface area contributed by atoms with Crippen LogP contribution in [-0.4, -0.2) is 13.7 Å². The van der Waals surface area contributed by atoms with Gasteiger partial charge in [-0.3, -0.25) is 0 Å². The molecule has 1 unspecified atom stereocenters. The molecule has 1 N–H and O–H groups in total. The lowest BCUT2D eigenvalue weighted by Crippen LogP contribution is -2.22. The first-order valence-electron chi connectivity index (χ1n) is 6.81. The highest BCUT2D eigenvalue weighted by Crippen LogP contribution is 2.38. The van der Waals surface area contributed by atoms with E-state index in [0.29, 0.717) is 11.1 Å². The number of nitrogens with one attached hydrogen (secondary N) is 1. The molecule has 0 spiro atoms. The van der Waals surface area contributed by atoms with Crippen LogP contribution in [0.15, 0.2) is 18.2 Å². The molecule has 1 aliphatic carbocycles. The van der Waals surface area contributed by atoms with Gasteiger partial charge in [0, 0.05) is 6.04 Å². The smallest absolute Gasteiger partial charge is 0.137 e. The van der Waals surface area contributed by atoms with Crippen LogP contribution < -0.4 is 10.1 Å². The van der Waals surface area contributed by atoms with Gasteiger partial charge >= 0.3 is 0 Å². The molecule has 0 aliphatic heterocycles. The van der Waals surface area contributed by atoms with Crippen LogP contribution in [0.4, 0.5) is 0 Å². The third-order valence-electron chi connectivity index (χ3n) is 3.48. The van der Waals surface area contributed by atoms with Crippen molar-refractivity contribution in [2.24, 2.45) is 5.92 Å². The van der Waals surface area contributed by atoms with Crippen molar-refractivity contribution in [3.05, 3.63) is 28.8 Å². The Balaban J connectivity index is 2.09. The van der Waals surface area contributed by atoms with Gasteiger partial charge in [0.05, 0.1) is 12.1 Å². The van der Waals surface area contributed by atoms with Crippen molar-refractivity contribution in [3.63, 3.8) is 0 Å². The minimum atomic E-state index is 0.431. The molecule has 1 saturated carbocycles. The summed E-state index contributed by atoms with van der Waals surface area (Å²) in [5.74, 6) is 1.65. The van der Waals surface area contributed by atoms with E-state index < -0.39 is 0 Å². The summed E-state index contributed by atoms with van der Waals surface area (Å²) in [4.78, 5) is 0. The van der Waals surface area contributed by atoms with Crippen molar-refractivity contribution in [3.8, 4) is 5.75 Å². The summed E-state index contributed by atoms with van der Waals surface area (Å²) in [5, 5.41) is 4.33. The highest BCUT2D eigenvalue weighted by molar-refractivity contribution is 6.32. The largest absolute Gasteiger partial charge is 0.495 e. The molecule has 0 bridgehead atoms. The molecule has 3 heteroatoms. The number of benzene rings is 1. The van der Waals surface area contributed by atoms with E-state index >= 15 is 0 Å². The number of rotatable bonds is 7. The first-order valence-corrected chi connectivity index (χ1v) is 7.19. The molecular weight excluding hydrogens is 246 g/mol. The van der Waals surface area contributed by atoms with Crippen LogP contribution in [0.2, 0.25) is 5.02 Å². The molecule has 2 nitrogen and oxygen atoms in total. The molecule has 0 aromatic heterocycles. The lowest BCUT2D eigenvalue weighted by atomic mass is 10.0. The fourth-order valence-electron chi connectivity index (χ4n) is 2.24. The Hall–Kier alpha value is -0.730. The lowest BCUT2D eigenvalue weighted by Gasteiger charge is -2.19. The van der Waals surface area contributed by atoms with Crippen molar-refractivity contribution in [1.82, 2.24) is 5.32 Å². The molecule has 1 aromatic carbocycles.